The SMILES string of the molecule is CC(=O)NCc1ccc(S(=O)(=O)NCCSc2ccc(Cl)cc2)s1. The van der Waals surface area contributed by atoms with Crippen LogP contribution >= 0.6 is 34.7 Å². The molecule has 2 rings (SSSR count). The number of benzene rings is 1. The van der Waals surface area contributed by atoms with Crippen molar-refractivity contribution in [1.82, 2.24) is 10.0 Å². The highest BCUT2D eigenvalue weighted by Gasteiger charge is 2.16. The number of thioether (sulfide) groups is 1. The van der Waals surface area contributed by atoms with E-state index in [9.17, 15) is 13.2 Å². The van der Waals surface area contributed by atoms with Crippen molar-refractivity contribution in [2.45, 2.75) is 22.6 Å². The molecule has 9 heteroatoms. The minimum atomic E-state index is -3.52. The Hall–Kier alpha value is -1.06. The largest absolute Gasteiger partial charge is 0.351 e. The van der Waals surface area contributed by atoms with Crippen molar-refractivity contribution in [3.8, 4) is 0 Å². The van der Waals surface area contributed by atoms with Crippen molar-refractivity contribution in [2.24, 2.45) is 0 Å². The van der Waals surface area contributed by atoms with E-state index in [-0.39, 0.29) is 10.1 Å². The quantitative estimate of drug-likeness (QED) is 0.523. The van der Waals surface area contributed by atoms with Crippen LogP contribution in [-0.2, 0) is 21.4 Å². The second-order valence-electron chi connectivity index (χ2n) is 4.83. The van der Waals surface area contributed by atoms with Crippen LogP contribution in [0.5, 0.6) is 0 Å². The molecule has 0 fully saturated rings. The summed E-state index contributed by atoms with van der Waals surface area (Å²) in [5.41, 5.74) is 0. The highest BCUT2D eigenvalue weighted by atomic mass is 35.5. The minimum Gasteiger partial charge on any atom is -0.351 e. The second-order valence-corrected chi connectivity index (χ2v) is 9.60. The maximum Gasteiger partial charge on any atom is 0.250 e. The molecule has 1 amide bonds. The van der Waals surface area contributed by atoms with Gasteiger partial charge in [0.05, 0.1) is 6.54 Å². The van der Waals surface area contributed by atoms with Crippen molar-refractivity contribution in [1.29, 1.82) is 0 Å². The Balaban J connectivity index is 1.82. The van der Waals surface area contributed by atoms with Gasteiger partial charge in [-0.25, -0.2) is 13.1 Å². The zero-order chi connectivity index (χ0) is 17.6. The summed E-state index contributed by atoms with van der Waals surface area (Å²) in [6.07, 6.45) is 0. The van der Waals surface area contributed by atoms with Crippen LogP contribution in [0.3, 0.4) is 0 Å². The Morgan fingerprint density at radius 2 is 1.92 bits per heavy atom. The molecule has 0 aliphatic carbocycles. The van der Waals surface area contributed by atoms with Gasteiger partial charge >= 0.3 is 0 Å². The molecule has 1 aromatic heterocycles. The monoisotopic (exact) mass is 404 g/mol. The van der Waals surface area contributed by atoms with Gasteiger partial charge in [-0.2, -0.15) is 0 Å². The van der Waals surface area contributed by atoms with E-state index in [1.807, 2.05) is 12.1 Å². The Labute approximate surface area is 154 Å². The molecule has 0 aliphatic heterocycles. The predicted octanol–water partition coefficient (Wildman–Crippen LogP) is 3.11. The standard InChI is InChI=1S/C15H17ClN2O3S3/c1-11(19)17-10-14-6-7-15(23-14)24(20,21)18-8-9-22-13-4-2-12(16)3-5-13/h2-7,18H,8-10H2,1H3,(H,17,19). The van der Waals surface area contributed by atoms with Gasteiger partial charge in [0.15, 0.2) is 0 Å². The van der Waals surface area contributed by atoms with Gasteiger partial charge in [-0.05, 0) is 36.4 Å². The van der Waals surface area contributed by atoms with Crippen LogP contribution in [0.4, 0.5) is 0 Å². The van der Waals surface area contributed by atoms with Crippen LogP contribution in [0.2, 0.25) is 5.02 Å². The molecule has 2 aromatic rings. The molecule has 1 heterocycles. The van der Waals surface area contributed by atoms with Crippen molar-refractivity contribution < 1.29 is 13.2 Å². The molecular formula is C15H17ClN2O3S3. The lowest BCUT2D eigenvalue weighted by Crippen LogP contribution is -2.25. The molecule has 24 heavy (non-hydrogen) atoms. The summed E-state index contributed by atoms with van der Waals surface area (Å²) in [4.78, 5) is 12.7. The second kappa shape index (κ2) is 8.87. The Morgan fingerprint density at radius 1 is 1.21 bits per heavy atom. The maximum absolute atomic E-state index is 12.2. The third kappa shape index (κ3) is 6.10. The topological polar surface area (TPSA) is 75.3 Å². The molecule has 5 nitrogen and oxygen atoms in total. The van der Waals surface area contributed by atoms with Gasteiger partial charge in [0.25, 0.3) is 0 Å². The molecule has 0 radical (unpaired) electrons. The third-order valence-electron chi connectivity index (χ3n) is 2.89. The number of nitrogens with one attached hydrogen (secondary N) is 2. The summed E-state index contributed by atoms with van der Waals surface area (Å²) >= 11 is 8.52. The average molecular weight is 405 g/mol. The van der Waals surface area contributed by atoms with Gasteiger partial charge in [-0.1, -0.05) is 11.6 Å². The van der Waals surface area contributed by atoms with Gasteiger partial charge < -0.3 is 5.32 Å². The number of sulfonamides is 1. The number of thiophene rings is 1. The van der Waals surface area contributed by atoms with Crippen LogP contribution < -0.4 is 10.0 Å². The number of rotatable bonds is 8. The number of carbonyl (C=O) groups excluding carboxylic acids is 1. The molecule has 0 spiro atoms. The van der Waals surface area contributed by atoms with Crippen molar-refractivity contribution in [2.75, 3.05) is 12.3 Å². The van der Waals surface area contributed by atoms with E-state index in [0.29, 0.717) is 23.9 Å². The zero-order valence-electron chi connectivity index (χ0n) is 12.9. The van der Waals surface area contributed by atoms with Crippen molar-refractivity contribution in [3.05, 3.63) is 46.3 Å². The molecule has 0 aliphatic rings. The van der Waals surface area contributed by atoms with Crippen LogP contribution in [-0.4, -0.2) is 26.6 Å². The van der Waals surface area contributed by atoms with Gasteiger partial charge in [0, 0.05) is 34.0 Å². The smallest absolute Gasteiger partial charge is 0.250 e. The predicted molar refractivity (Wildman–Crippen MR) is 99.2 cm³/mol. The maximum atomic E-state index is 12.2. The van der Waals surface area contributed by atoms with E-state index in [4.69, 9.17) is 11.6 Å². The first-order valence-electron chi connectivity index (χ1n) is 7.08. The first kappa shape index (κ1) is 19.3. The number of halogens is 1. The average Bonchev–Trinajstić information content (AvgIpc) is 3.01. The molecule has 0 atom stereocenters. The summed E-state index contributed by atoms with van der Waals surface area (Å²) in [7, 11) is -3.52. The van der Waals surface area contributed by atoms with E-state index in [1.165, 1.54) is 6.92 Å². The first-order valence-corrected chi connectivity index (χ1v) is 10.7. The van der Waals surface area contributed by atoms with Gasteiger partial charge in [0.1, 0.15) is 4.21 Å². The molecule has 0 bridgehead atoms. The summed E-state index contributed by atoms with van der Waals surface area (Å²) in [6, 6.07) is 10.7. The molecule has 0 saturated carbocycles. The summed E-state index contributed by atoms with van der Waals surface area (Å²) in [5.74, 6) is 0.468. The van der Waals surface area contributed by atoms with Gasteiger partial charge in [-0.15, -0.1) is 23.1 Å². The van der Waals surface area contributed by atoms with Crippen LogP contribution in [0, 0.1) is 0 Å². The lowest BCUT2D eigenvalue weighted by Gasteiger charge is -2.05. The zero-order valence-corrected chi connectivity index (χ0v) is 16.1. The lowest BCUT2D eigenvalue weighted by atomic mass is 10.4. The van der Waals surface area contributed by atoms with E-state index in [1.54, 1.807) is 36.0 Å². The Bertz CT molecular complexity index is 789. The van der Waals surface area contributed by atoms with E-state index in [0.717, 1.165) is 21.1 Å². The first-order chi connectivity index (χ1) is 11.4. The van der Waals surface area contributed by atoms with Crippen LogP contribution in [0.1, 0.15) is 11.8 Å². The van der Waals surface area contributed by atoms with E-state index in [2.05, 4.69) is 10.0 Å². The molecular weight excluding hydrogens is 388 g/mol. The van der Waals surface area contributed by atoms with E-state index < -0.39 is 10.0 Å². The highest BCUT2D eigenvalue weighted by Crippen LogP contribution is 2.22. The lowest BCUT2D eigenvalue weighted by molar-refractivity contribution is -0.119. The molecule has 1 aromatic carbocycles. The van der Waals surface area contributed by atoms with Crippen molar-refractivity contribution in [3.63, 3.8) is 0 Å². The fraction of sp³-hybridized carbons (Fsp3) is 0.267. The van der Waals surface area contributed by atoms with E-state index >= 15 is 0 Å². The summed E-state index contributed by atoms with van der Waals surface area (Å²) in [5, 5.41) is 3.32. The number of carbonyl (C=O) groups is 1. The van der Waals surface area contributed by atoms with Gasteiger partial charge in [0.2, 0.25) is 15.9 Å². The summed E-state index contributed by atoms with van der Waals surface area (Å²) in [6.45, 7) is 2.08. The molecule has 130 valence electrons. The Morgan fingerprint density at radius 3 is 2.58 bits per heavy atom. The Kier molecular flexibility index (Phi) is 7.12. The van der Waals surface area contributed by atoms with Gasteiger partial charge in [-0.3, -0.25) is 4.79 Å². The number of hydrogen-bond acceptors (Lipinski definition) is 5. The third-order valence-corrected chi connectivity index (χ3v) is 7.19. The highest BCUT2D eigenvalue weighted by molar-refractivity contribution is 7.99. The minimum absolute atomic E-state index is 0.148. The fourth-order valence-corrected chi connectivity index (χ4v) is 5.15. The molecule has 0 saturated heterocycles. The molecule has 2 N–H and O–H groups in total. The fourth-order valence-electron chi connectivity index (χ4n) is 1.76. The van der Waals surface area contributed by atoms with Crippen LogP contribution in [0.25, 0.3) is 0 Å². The normalized spacial score (nSPS) is 11.4. The number of hydrogen-bond donors (Lipinski definition) is 2. The number of amides is 1. The van der Waals surface area contributed by atoms with Crippen LogP contribution in [0.15, 0.2) is 45.5 Å². The summed E-state index contributed by atoms with van der Waals surface area (Å²) < 4.78 is 27.3. The van der Waals surface area contributed by atoms with Crippen molar-refractivity contribution >= 4 is 50.6 Å². The molecule has 0 unspecified atom stereocenters.